The van der Waals surface area contributed by atoms with Crippen LogP contribution in [0, 0.1) is 5.41 Å². The molecule has 92 valence electrons. The molecule has 2 aliphatic rings. The maximum atomic E-state index is 5.99. The molecular formula is C13H16BrNO2. The summed E-state index contributed by atoms with van der Waals surface area (Å²) in [6.45, 7) is 3.68. The highest BCUT2D eigenvalue weighted by Gasteiger charge is 2.60. The lowest BCUT2D eigenvalue weighted by Crippen LogP contribution is -2.69. The van der Waals surface area contributed by atoms with Crippen LogP contribution in [0.15, 0.2) is 28.7 Å². The standard InChI is InChI=1S/C13H16BrNO2/c14-11-3-1-10(2-4-11)13(8-17-9-13)12(5-15)6-16-7-12/h1-4H,5-9,15H2. The lowest BCUT2D eigenvalue weighted by atomic mass is 9.57. The van der Waals surface area contributed by atoms with Gasteiger partial charge >= 0.3 is 0 Å². The van der Waals surface area contributed by atoms with E-state index in [-0.39, 0.29) is 10.8 Å². The van der Waals surface area contributed by atoms with Crippen LogP contribution in [0.2, 0.25) is 0 Å². The Labute approximate surface area is 109 Å². The fourth-order valence-corrected chi connectivity index (χ4v) is 3.06. The van der Waals surface area contributed by atoms with Crippen molar-refractivity contribution in [3.05, 3.63) is 34.3 Å². The summed E-state index contributed by atoms with van der Waals surface area (Å²) in [6.07, 6.45) is 0. The molecule has 1 aromatic rings. The third kappa shape index (κ3) is 1.51. The fourth-order valence-electron chi connectivity index (χ4n) is 2.79. The van der Waals surface area contributed by atoms with E-state index >= 15 is 0 Å². The number of ether oxygens (including phenoxy) is 2. The minimum atomic E-state index is 0.0563. The fraction of sp³-hybridized carbons (Fsp3) is 0.538. The lowest BCUT2D eigenvalue weighted by molar-refractivity contribution is -0.223. The van der Waals surface area contributed by atoms with Crippen LogP contribution in [-0.4, -0.2) is 33.0 Å². The molecule has 0 amide bonds. The first-order valence-corrected chi connectivity index (χ1v) is 6.63. The van der Waals surface area contributed by atoms with Gasteiger partial charge in [0.2, 0.25) is 0 Å². The first kappa shape index (κ1) is 11.7. The monoisotopic (exact) mass is 297 g/mol. The van der Waals surface area contributed by atoms with Gasteiger partial charge in [0, 0.05) is 16.4 Å². The maximum Gasteiger partial charge on any atom is 0.0593 e. The van der Waals surface area contributed by atoms with Crippen LogP contribution in [0.4, 0.5) is 0 Å². The minimum absolute atomic E-state index is 0.0563. The van der Waals surface area contributed by atoms with Gasteiger partial charge in [-0.15, -0.1) is 0 Å². The second-order valence-electron chi connectivity index (χ2n) is 5.06. The molecule has 0 spiro atoms. The molecule has 2 fully saturated rings. The molecule has 4 heteroatoms. The van der Waals surface area contributed by atoms with Crippen molar-refractivity contribution in [2.45, 2.75) is 5.41 Å². The Kier molecular flexibility index (Phi) is 2.78. The van der Waals surface area contributed by atoms with E-state index in [0.717, 1.165) is 30.9 Å². The van der Waals surface area contributed by atoms with Gasteiger partial charge in [0.15, 0.2) is 0 Å². The molecule has 3 nitrogen and oxygen atoms in total. The quantitative estimate of drug-likeness (QED) is 0.923. The van der Waals surface area contributed by atoms with Crippen LogP contribution in [0.1, 0.15) is 5.56 Å². The Bertz CT molecular complexity index is 404. The van der Waals surface area contributed by atoms with Crippen LogP contribution in [0.5, 0.6) is 0 Å². The summed E-state index contributed by atoms with van der Waals surface area (Å²) in [5.41, 5.74) is 7.43. The van der Waals surface area contributed by atoms with Crippen molar-refractivity contribution in [1.82, 2.24) is 0 Å². The highest BCUT2D eigenvalue weighted by atomic mass is 79.9. The van der Waals surface area contributed by atoms with Crippen molar-refractivity contribution in [1.29, 1.82) is 0 Å². The second kappa shape index (κ2) is 4.05. The Hall–Kier alpha value is -0.420. The van der Waals surface area contributed by atoms with Gasteiger partial charge in [-0.05, 0) is 17.7 Å². The number of rotatable bonds is 3. The van der Waals surface area contributed by atoms with E-state index in [1.165, 1.54) is 5.56 Å². The average molecular weight is 298 g/mol. The highest BCUT2D eigenvalue weighted by molar-refractivity contribution is 9.10. The molecule has 0 saturated carbocycles. The second-order valence-corrected chi connectivity index (χ2v) is 5.97. The summed E-state index contributed by atoms with van der Waals surface area (Å²) in [4.78, 5) is 0. The van der Waals surface area contributed by atoms with E-state index in [1.54, 1.807) is 0 Å². The SMILES string of the molecule is NCC1(C2(c3ccc(Br)cc3)COC2)COC1. The molecule has 2 aliphatic heterocycles. The number of hydrogen-bond acceptors (Lipinski definition) is 3. The molecule has 2 saturated heterocycles. The zero-order valence-electron chi connectivity index (χ0n) is 9.62. The summed E-state index contributed by atoms with van der Waals surface area (Å²) >= 11 is 3.47. The number of benzene rings is 1. The van der Waals surface area contributed by atoms with Crippen molar-refractivity contribution in [3.63, 3.8) is 0 Å². The topological polar surface area (TPSA) is 44.5 Å². The maximum absolute atomic E-state index is 5.99. The Morgan fingerprint density at radius 3 is 2.00 bits per heavy atom. The van der Waals surface area contributed by atoms with E-state index in [1.807, 2.05) is 0 Å². The zero-order chi connectivity index (χ0) is 11.9. The van der Waals surface area contributed by atoms with Crippen LogP contribution in [0.25, 0.3) is 0 Å². The lowest BCUT2D eigenvalue weighted by Gasteiger charge is -2.59. The molecule has 0 bridgehead atoms. The highest BCUT2D eigenvalue weighted by Crippen LogP contribution is 2.51. The van der Waals surface area contributed by atoms with Crippen molar-refractivity contribution in [2.75, 3.05) is 33.0 Å². The van der Waals surface area contributed by atoms with E-state index < -0.39 is 0 Å². The van der Waals surface area contributed by atoms with Gasteiger partial charge in [0.05, 0.1) is 31.8 Å². The molecule has 0 unspecified atom stereocenters. The van der Waals surface area contributed by atoms with Crippen molar-refractivity contribution >= 4 is 15.9 Å². The molecule has 17 heavy (non-hydrogen) atoms. The number of nitrogens with two attached hydrogens (primary N) is 1. The average Bonchev–Trinajstić information content (AvgIpc) is 2.22. The summed E-state index contributed by atoms with van der Waals surface area (Å²) in [5, 5.41) is 0. The molecule has 2 heterocycles. The van der Waals surface area contributed by atoms with E-state index in [0.29, 0.717) is 6.54 Å². The number of hydrogen-bond donors (Lipinski definition) is 1. The van der Waals surface area contributed by atoms with Gasteiger partial charge < -0.3 is 15.2 Å². The molecule has 0 aliphatic carbocycles. The first-order valence-electron chi connectivity index (χ1n) is 5.84. The molecule has 0 radical (unpaired) electrons. The normalized spacial score (nSPS) is 24.8. The van der Waals surface area contributed by atoms with Crippen molar-refractivity contribution < 1.29 is 9.47 Å². The van der Waals surface area contributed by atoms with Crippen molar-refractivity contribution in [2.24, 2.45) is 11.1 Å². The molecule has 1 aromatic carbocycles. The van der Waals surface area contributed by atoms with Gasteiger partial charge in [-0.3, -0.25) is 0 Å². The predicted octanol–water partition coefficient (Wildman–Crippen LogP) is 1.69. The summed E-state index contributed by atoms with van der Waals surface area (Å²) in [6, 6.07) is 8.50. The van der Waals surface area contributed by atoms with Gasteiger partial charge in [0.1, 0.15) is 0 Å². The van der Waals surface area contributed by atoms with Crippen LogP contribution in [0.3, 0.4) is 0 Å². The molecule has 0 aromatic heterocycles. The molecule has 0 atom stereocenters. The Balaban J connectivity index is 1.99. The van der Waals surface area contributed by atoms with Crippen LogP contribution in [-0.2, 0) is 14.9 Å². The van der Waals surface area contributed by atoms with E-state index in [2.05, 4.69) is 40.2 Å². The van der Waals surface area contributed by atoms with Gasteiger partial charge in [-0.1, -0.05) is 28.1 Å². The van der Waals surface area contributed by atoms with Crippen LogP contribution < -0.4 is 5.73 Å². The summed E-state index contributed by atoms with van der Waals surface area (Å²) in [7, 11) is 0. The van der Waals surface area contributed by atoms with Crippen LogP contribution >= 0.6 is 15.9 Å². The van der Waals surface area contributed by atoms with Gasteiger partial charge in [-0.2, -0.15) is 0 Å². The molecule has 2 N–H and O–H groups in total. The number of halogens is 1. The van der Waals surface area contributed by atoms with Crippen molar-refractivity contribution in [3.8, 4) is 0 Å². The van der Waals surface area contributed by atoms with E-state index in [4.69, 9.17) is 15.2 Å². The minimum Gasteiger partial charge on any atom is -0.380 e. The molecular weight excluding hydrogens is 282 g/mol. The Morgan fingerprint density at radius 2 is 1.65 bits per heavy atom. The predicted molar refractivity (Wildman–Crippen MR) is 68.9 cm³/mol. The Morgan fingerprint density at radius 1 is 1.06 bits per heavy atom. The smallest absolute Gasteiger partial charge is 0.0593 e. The van der Waals surface area contributed by atoms with E-state index in [9.17, 15) is 0 Å². The zero-order valence-corrected chi connectivity index (χ0v) is 11.2. The molecule has 3 rings (SSSR count). The summed E-state index contributed by atoms with van der Waals surface area (Å²) < 4.78 is 12.0. The first-order chi connectivity index (χ1) is 8.22. The third-order valence-electron chi connectivity index (χ3n) is 4.26. The third-order valence-corrected chi connectivity index (χ3v) is 4.79. The largest absolute Gasteiger partial charge is 0.380 e. The van der Waals surface area contributed by atoms with Gasteiger partial charge in [-0.25, -0.2) is 0 Å². The summed E-state index contributed by atoms with van der Waals surface area (Å²) in [5.74, 6) is 0. The van der Waals surface area contributed by atoms with Gasteiger partial charge in [0.25, 0.3) is 0 Å².